The van der Waals surface area contributed by atoms with Gasteiger partial charge in [-0.15, -0.1) is 5.73 Å². The second-order valence-electron chi connectivity index (χ2n) is 4.30. The number of rotatable bonds is 5. The zero-order chi connectivity index (χ0) is 14.3. The molecule has 19 heavy (non-hydrogen) atoms. The van der Waals surface area contributed by atoms with Gasteiger partial charge < -0.3 is 5.11 Å². The number of benzene rings is 1. The third kappa shape index (κ3) is 4.46. The fourth-order valence-corrected chi connectivity index (χ4v) is 1.66. The maximum absolute atomic E-state index is 11.1. The molecule has 3 heteroatoms. The molecule has 0 aliphatic carbocycles. The number of carbonyl (C=O) groups is 1. The fourth-order valence-electron chi connectivity index (χ4n) is 1.66. The van der Waals surface area contributed by atoms with Gasteiger partial charge in [-0.3, -0.25) is 0 Å². The lowest BCUT2D eigenvalue weighted by Crippen LogP contribution is -1.99. The molecule has 0 radical (unpaired) electrons. The summed E-state index contributed by atoms with van der Waals surface area (Å²) in [7, 11) is 0. The highest BCUT2D eigenvalue weighted by Crippen LogP contribution is 2.19. The van der Waals surface area contributed by atoms with Gasteiger partial charge in [0.15, 0.2) is 5.69 Å². The van der Waals surface area contributed by atoms with E-state index in [0.717, 1.165) is 24.0 Å². The summed E-state index contributed by atoms with van der Waals surface area (Å²) in [6.07, 6.45) is 2.33. The van der Waals surface area contributed by atoms with Gasteiger partial charge in [0.25, 0.3) is 0 Å². The lowest BCUT2D eigenvalue weighted by molar-refractivity contribution is -0.132. The number of unbranched alkanes of at least 4 members (excludes halogenated alkanes) is 1. The molecule has 1 rings (SSSR count). The molecule has 0 fully saturated rings. The molecule has 0 saturated carbocycles. The molecule has 0 aromatic heterocycles. The molecule has 0 saturated heterocycles. The Kier molecular flexibility index (Phi) is 5.60. The van der Waals surface area contributed by atoms with Crippen LogP contribution in [0.1, 0.15) is 38.7 Å². The number of hydrogen-bond donors (Lipinski definition) is 1. The van der Waals surface area contributed by atoms with Crippen LogP contribution in [0.4, 0.5) is 5.69 Å². The molecule has 1 aromatic carbocycles. The van der Waals surface area contributed by atoms with Gasteiger partial charge in [0, 0.05) is 0 Å². The van der Waals surface area contributed by atoms with E-state index < -0.39 is 5.97 Å². The van der Waals surface area contributed by atoms with Gasteiger partial charge in [-0.1, -0.05) is 37.6 Å². The Bertz CT molecular complexity index is 555. The zero-order valence-electron chi connectivity index (χ0n) is 11.2. The molecular formula is C16H17NO2. The lowest BCUT2D eigenvalue weighted by Gasteiger charge is -2.01. The SMILES string of the molecule is [C-]#[N+]c1ccc(C(C)=C=C(CCCC)C(=O)O)cc1. The largest absolute Gasteiger partial charge is 0.477 e. The van der Waals surface area contributed by atoms with Crippen molar-refractivity contribution in [1.82, 2.24) is 0 Å². The minimum Gasteiger partial charge on any atom is -0.477 e. The third-order valence-corrected chi connectivity index (χ3v) is 2.81. The molecule has 0 aliphatic heterocycles. The Labute approximate surface area is 113 Å². The van der Waals surface area contributed by atoms with Crippen LogP contribution in [0.5, 0.6) is 0 Å². The van der Waals surface area contributed by atoms with Crippen molar-refractivity contribution in [3.05, 3.63) is 52.6 Å². The summed E-state index contributed by atoms with van der Waals surface area (Å²) >= 11 is 0. The predicted octanol–water partition coefficient (Wildman–Crippen LogP) is 4.44. The molecule has 1 N–H and O–H groups in total. The minimum absolute atomic E-state index is 0.314. The maximum atomic E-state index is 11.1. The first kappa shape index (κ1) is 14.8. The Morgan fingerprint density at radius 3 is 2.47 bits per heavy atom. The summed E-state index contributed by atoms with van der Waals surface area (Å²) in [5.41, 5.74) is 5.52. The standard InChI is InChI=1S/C16H17NO2/c1-4-5-6-14(16(18)19)11-12(2)13-7-9-15(17-3)10-8-13/h7-10H,4-6H2,1-2H3,(H,18,19). The van der Waals surface area contributed by atoms with E-state index in [-0.39, 0.29) is 0 Å². The van der Waals surface area contributed by atoms with Crippen LogP contribution in [0, 0.1) is 6.57 Å². The Morgan fingerprint density at radius 2 is 2.00 bits per heavy atom. The number of nitrogens with zero attached hydrogens (tertiary/aromatic N) is 1. The van der Waals surface area contributed by atoms with Crippen molar-refractivity contribution in [3.63, 3.8) is 0 Å². The second-order valence-corrected chi connectivity index (χ2v) is 4.30. The molecular weight excluding hydrogens is 238 g/mol. The molecule has 0 aliphatic rings. The van der Waals surface area contributed by atoms with Crippen molar-refractivity contribution in [2.75, 3.05) is 0 Å². The highest BCUT2D eigenvalue weighted by molar-refractivity contribution is 5.87. The first-order valence-corrected chi connectivity index (χ1v) is 6.26. The average molecular weight is 255 g/mol. The monoisotopic (exact) mass is 255 g/mol. The van der Waals surface area contributed by atoms with Crippen LogP contribution in [0.2, 0.25) is 0 Å². The molecule has 0 unspecified atom stereocenters. The highest BCUT2D eigenvalue weighted by Gasteiger charge is 2.06. The second kappa shape index (κ2) is 7.20. The van der Waals surface area contributed by atoms with Gasteiger partial charge in [0.1, 0.15) is 0 Å². The maximum Gasteiger partial charge on any atom is 0.339 e. The summed E-state index contributed by atoms with van der Waals surface area (Å²) in [4.78, 5) is 14.4. The molecule has 3 nitrogen and oxygen atoms in total. The van der Waals surface area contributed by atoms with Crippen LogP contribution in [-0.2, 0) is 4.79 Å². The summed E-state index contributed by atoms with van der Waals surface area (Å²) in [6, 6.07) is 7.07. The minimum atomic E-state index is -0.912. The van der Waals surface area contributed by atoms with Gasteiger partial charge in [-0.2, -0.15) is 0 Å². The van der Waals surface area contributed by atoms with E-state index in [2.05, 4.69) is 10.6 Å². The summed E-state index contributed by atoms with van der Waals surface area (Å²) in [5.74, 6) is -0.912. The number of carboxylic acid groups (broad SMARTS) is 1. The van der Waals surface area contributed by atoms with E-state index in [9.17, 15) is 4.79 Å². The topological polar surface area (TPSA) is 41.7 Å². The third-order valence-electron chi connectivity index (χ3n) is 2.81. The van der Waals surface area contributed by atoms with E-state index in [4.69, 9.17) is 11.7 Å². The van der Waals surface area contributed by atoms with Crippen molar-refractivity contribution in [2.45, 2.75) is 33.1 Å². The van der Waals surface area contributed by atoms with Gasteiger partial charge in [-0.05, 0) is 30.9 Å². The van der Waals surface area contributed by atoms with E-state index in [1.165, 1.54) is 0 Å². The molecule has 0 heterocycles. The highest BCUT2D eigenvalue weighted by atomic mass is 16.4. The van der Waals surface area contributed by atoms with Crippen LogP contribution in [0.3, 0.4) is 0 Å². The van der Waals surface area contributed by atoms with Crippen LogP contribution < -0.4 is 0 Å². The molecule has 0 atom stereocenters. The van der Waals surface area contributed by atoms with Crippen molar-refractivity contribution < 1.29 is 9.90 Å². The van der Waals surface area contributed by atoms with Crippen molar-refractivity contribution >= 4 is 17.2 Å². The molecule has 0 bridgehead atoms. The zero-order valence-corrected chi connectivity index (χ0v) is 11.2. The van der Waals surface area contributed by atoms with Gasteiger partial charge >= 0.3 is 5.97 Å². The Morgan fingerprint density at radius 1 is 1.37 bits per heavy atom. The van der Waals surface area contributed by atoms with E-state index in [1.807, 2.05) is 26.0 Å². The molecule has 98 valence electrons. The smallest absolute Gasteiger partial charge is 0.339 e. The quantitative estimate of drug-likeness (QED) is 0.480. The van der Waals surface area contributed by atoms with Gasteiger partial charge in [0.2, 0.25) is 0 Å². The summed E-state index contributed by atoms with van der Waals surface area (Å²) in [6.45, 7) is 10.7. The van der Waals surface area contributed by atoms with Gasteiger partial charge in [0.05, 0.1) is 12.1 Å². The van der Waals surface area contributed by atoms with Crippen LogP contribution >= 0.6 is 0 Å². The van der Waals surface area contributed by atoms with Crippen LogP contribution in [0.25, 0.3) is 10.4 Å². The van der Waals surface area contributed by atoms with Crippen molar-refractivity contribution in [3.8, 4) is 0 Å². The number of carboxylic acids is 1. The van der Waals surface area contributed by atoms with Gasteiger partial charge in [-0.25, -0.2) is 9.64 Å². The Balaban J connectivity index is 3.11. The normalized spacial score (nSPS) is 9.32. The molecule has 0 spiro atoms. The molecule has 0 amide bonds. The van der Waals surface area contributed by atoms with Crippen LogP contribution in [0.15, 0.2) is 35.6 Å². The van der Waals surface area contributed by atoms with E-state index in [0.29, 0.717) is 17.7 Å². The predicted molar refractivity (Wildman–Crippen MR) is 76.0 cm³/mol. The average Bonchev–Trinajstić information content (AvgIpc) is 2.43. The number of aliphatic carboxylic acids is 1. The van der Waals surface area contributed by atoms with E-state index in [1.54, 1.807) is 12.1 Å². The van der Waals surface area contributed by atoms with Crippen molar-refractivity contribution in [1.29, 1.82) is 0 Å². The summed E-state index contributed by atoms with van der Waals surface area (Å²) < 4.78 is 0. The summed E-state index contributed by atoms with van der Waals surface area (Å²) in [5, 5.41) is 9.13. The Hall–Kier alpha value is -2.30. The first-order valence-electron chi connectivity index (χ1n) is 6.26. The number of hydrogen-bond acceptors (Lipinski definition) is 1. The fraction of sp³-hybridized carbons (Fsp3) is 0.312. The lowest BCUT2D eigenvalue weighted by atomic mass is 10.0. The van der Waals surface area contributed by atoms with E-state index >= 15 is 0 Å². The van der Waals surface area contributed by atoms with Crippen molar-refractivity contribution in [2.24, 2.45) is 0 Å². The first-order chi connectivity index (χ1) is 9.08. The molecule has 1 aromatic rings. The van der Waals surface area contributed by atoms with Crippen LogP contribution in [-0.4, -0.2) is 11.1 Å².